The maximum absolute atomic E-state index is 12.8. The monoisotopic (exact) mass is 477 g/mol. The molecule has 3 N–H and O–H groups in total. The fraction of sp³-hybridized carbons (Fsp3) is 0.583. The number of carbonyl (C=O) groups excluding carboxylic acids is 3. The van der Waals surface area contributed by atoms with Gasteiger partial charge in [0.25, 0.3) is 0 Å². The minimum Gasteiger partial charge on any atom is -0.488 e. The summed E-state index contributed by atoms with van der Waals surface area (Å²) in [6.07, 6.45) is -0.469. The summed E-state index contributed by atoms with van der Waals surface area (Å²) >= 11 is 0. The molecular weight excluding hydrogens is 442 g/mol. The molecule has 1 heterocycles. The highest BCUT2D eigenvalue weighted by Crippen LogP contribution is 2.23. The van der Waals surface area contributed by atoms with E-state index in [1.54, 1.807) is 52.0 Å². The van der Waals surface area contributed by atoms with E-state index in [0.717, 1.165) is 0 Å². The highest BCUT2D eigenvalue weighted by Gasteiger charge is 2.41. The number of nitrogens with zero attached hydrogens (tertiary/aromatic N) is 1. The van der Waals surface area contributed by atoms with Crippen molar-refractivity contribution in [2.24, 2.45) is 5.92 Å². The summed E-state index contributed by atoms with van der Waals surface area (Å²) in [5.74, 6) is -1.85. The summed E-state index contributed by atoms with van der Waals surface area (Å²) in [4.78, 5) is 50.7. The molecule has 10 heteroatoms. The second-order valence-corrected chi connectivity index (χ2v) is 9.42. The van der Waals surface area contributed by atoms with Crippen LogP contribution in [0.4, 0.5) is 4.79 Å². The topological polar surface area (TPSA) is 134 Å². The Hall–Kier alpha value is -3.30. The van der Waals surface area contributed by atoms with Crippen LogP contribution in [-0.4, -0.2) is 70.8 Å². The van der Waals surface area contributed by atoms with Crippen LogP contribution in [0.2, 0.25) is 0 Å². The number of rotatable bonds is 9. The lowest BCUT2D eigenvalue weighted by atomic mass is 9.98. The molecule has 0 saturated carbocycles. The highest BCUT2D eigenvalue weighted by atomic mass is 16.6. The predicted molar refractivity (Wildman–Crippen MR) is 124 cm³/mol. The first-order chi connectivity index (χ1) is 15.9. The van der Waals surface area contributed by atoms with E-state index in [-0.39, 0.29) is 18.9 Å². The van der Waals surface area contributed by atoms with Gasteiger partial charge in [0.05, 0.1) is 13.1 Å². The molecule has 1 aliphatic heterocycles. The summed E-state index contributed by atoms with van der Waals surface area (Å²) in [6.45, 7) is 8.51. The number of hydrogen-bond donors (Lipinski definition) is 3. The van der Waals surface area contributed by atoms with Crippen LogP contribution in [0.25, 0.3) is 0 Å². The molecule has 1 aliphatic rings. The summed E-state index contributed by atoms with van der Waals surface area (Å²) < 4.78 is 11.1. The summed E-state index contributed by atoms with van der Waals surface area (Å²) in [5, 5.41) is 14.7. The van der Waals surface area contributed by atoms with Gasteiger partial charge >= 0.3 is 12.1 Å². The Balaban J connectivity index is 1.99. The molecular formula is C24H35N3O7. The molecule has 0 bridgehead atoms. The molecule has 10 nitrogen and oxygen atoms in total. The summed E-state index contributed by atoms with van der Waals surface area (Å²) in [5.41, 5.74) is -0.726. The fourth-order valence-electron chi connectivity index (χ4n) is 3.59. The number of ether oxygens (including phenoxy) is 2. The molecule has 34 heavy (non-hydrogen) atoms. The van der Waals surface area contributed by atoms with Gasteiger partial charge in [0, 0.05) is 6.42 Å². The average Bonchev–Trinajstić information content (AvgIpc) is 3.18. The number of hydrogen-bond acceptors (Lipinski definition) is 6. The van der Waals surface area contributed by atoms with Gasteiger partial charge in [-0.1, -0.05) is 38.5 Å². The van der Waals surface area contributed by atoms with Gasteiger partial charge in [-0.05, 0) is 38.8 Å². The first-order valence-electron chi connectivity index (χ1n) is 11.4. The lowest BCUT2D eigenvalue weighted by molar-refractivity contribution is -0.148. The van der Waals surface area contributed by atoms with Crippen molar-refractivity contribution in [1.29, 1.82) is 0 Å². The predicted octanol–water partition coefficient (Wildman–Crippen LogP) is 2.18. The van der Waals surface area contributed by atoms with Crippen LogP contribution >= 0.6 is 0 Å². The van der Waals surface area contributed by atoms with Crippen molar-refractivity contribution in [3.63, 3.8) is 0 Å². The summed E-state index contributed by atoms with van der Waals surface area (Å²) in [6, 6.07) is 7.00. The molecule has 0 radical (unpaired) electrons. The number of nitrogens with one attached hydrogen (secondary N) is 2. The number of para-hydroxylation sites is 1. The van der Waals surface area contributed by atoms with E-state index in [2.05, 4.69) is 10.6 Å². The molecule has 4 atom stereocenters. The van der Waals surface area contributed by atoms with Crippen molar-refractivity contribution in [3.05, 3.63) is 30.3 Å². The Labute approximate surface area is 200 Å². The van der Waals surface area contributed by atoms with Crippen molar-refractivity contribution in [1.82, 2.24) is 15.5 Å². The highest BCUT2D eigenvalue weighted by molar-refractivity contribution is 5.91. The van der Waals surface area contributed by atoms with Crippen LogP contribution in [0.1, 0.15) is 47.5 Å². The van der Waals surface area contributed by atoms with Crippen molar-refractivity contribution < 1.29 is 33.8 Å². The van der Waals surface area contributed by atoms with E-state index in [9.17, 15) is 24.3 Å². The van der Waals surface area contributed by atoms with Crippen LogP contribution < -0.4 is 15.4 Å². The molecule has 1 saturated heterocycles. The van der Waals surface area contributed by atoms with E-state index >= 15 is 0 Å². The average molecular weight is 478 g/mol. The van der Waals surface area contributed by atoms with Crippen LogP contribution in [0.3, 0.4) is 0 Å². The molecule has 0 unspecified atom stereocenters. The molecule has 0 spiro atoms. The number of aliphatic carboxylic acids is 1. The van der Waals surface area contributed by atoms with Crippen molar-refractivity contribution in [2.75, 3.05) is 13.1 Å². The third kappa shape index (κ3) is 7.93. The molecule has 1 aromatic rings. The Morgan fingerprint density at radius 1 is 1.18 bits per heavy atom. The molecule has 0 aliphatic carbocycles. The van der Waals surface area contributed by atoms with Gasteiger partial charge in [-0.25, -0.2) is 9.59 Å². The zero-order chi connectivity index (χ0) is 25.5. The van der Waals surface area contributed by atoms with Crippen LogP contribution in [0.5, 0.6) is 5.75 Å². The van der Waals surface area contributed by atoms with Crippen LogP contribution in [0, 0.1) is 5.92 Å². The van der Waals surface area contributed by atoms with E-state index in [0.29, 0.717) is 12.2 Å². The van der Waals surface area contributed by atoms with Gasteiger partial charge in [0.15, 0.2) is 0 Å². The van der Waals surface area contributed by atoms with E-state index < -0.39 is 54.2 Å². The molecule has 2 rings (SSSR count). The first kappa shape index (κ1) is 26.9. The third-order valence-corrected chi connectivity index (χ3v) is 5.50. The first-order valence-corrected chi connectivity index (χ1v) is 11.4. The van der Waals surface area contributed by atoms with E-state index in [1.165, 1.54) is 4.90 Å². The smallest absolute Gasteiger partial charge is 0.408 e. The third-order valence-electron chi connectivity index (χ3n) is 5.50. The number of carbonyl (C=O) groups is 4. The van der Waals surface area contributed by atoms with Crippen molar-refractivity contribution in [2.45, 2.75) is 71.2 Å². The largest absolute Gasteiger partial charge is 0.488 e. The van der Waals surface area contributed by atoms with E-state index in [1.807, 2.05) is 13.0 Å². The van der Waals surface area contributed by atoms with Crippen LogP contribution in [-0.2, 0) is 19.1 Å². The number of alkyl carbamates (subject to hydrolysis) is 1. The Kier molecular flexibility index (Phi) is 9.28. The zero-order valence-electron chi connectivity index (χ0n) is 20.4. The molecule has 3 amide bonds. The van der Waals surface area contributed by atoms with Gasteiger partial charge in [-0.2, -0.15) is 0 Å². The van der Waals surface area contributed by atoms with Gasteiger partial charge in [-0.3, -0.25) is 9.59 Å². The fourth-order valence-corrected chi connectivity index (χ4v) is 3.59. The second kappa shape index (κ2) is 11.7. The normalized spacial score (nSPS) is 19.6. The van der Waals surface area contributed by atoms with Crippen molar-refractivity contribution in [3.8, 4) is 5.75 Å². The minimum atomic E-state index is -1.14. The van der Waals surface area contributed by atoms with Crippen molar-refractivity contribution >= 4 is 23.9 Å². The van der Waals surface area contributed by atoms with Gasteiger partial charge < -0.3 is 30.1 Å². The minimum absolute atomic E-state index is 0.0888. The Morgan fingerprint density at radius 2 is 1.82 bits per heavy atom. The van der Waals surface area contributed by atoms with Gasteiger partial charge in [0.1, 0.15) is 29.5 Å². The molecule has 1 aromatic carbocycles. The number of amides is 3. The lowest BCUT2D eigenvalue weighted by Gasteiger charge is -2.27. The SMILES string of the molecule is CC[C@H](C)[C@H](NC(=O)OC(C)(C)C)C(=O)NCC(=O)N1C[C@@H](Oc2ccccc2)C[C@H]1C(=O)O. The number of likely N-dealkylation sites (tertiary alicyclic amines) is 1. The van der Waals surface area contributed by atoms with Crippen LogP contribution in [0.15, 0.2) is 30.3 Å². The number of carboxylic acid groups (broad SMARTS) is 1. The molecule has 0 aromatic heterocycles. The number of carboxylic acids is 1. The second-order valence-electron chi connectivity index (χ2n) is 9.42. The lowest BCUT2D eigenvalue weighted by Crippen LogP contribution is -2.53. The summed E-state index contributed by atoms with van der Waals surface area (Å²) in [7, 11) is 0. The standard InChI is InChI=1S/C24H35N3O7/c1-6-15(2)20(26-23(32)34-24(3,4)5)21(29)25-13-19(28)27-14-17(12-18(27)22(30)31)33-16-10-8-7-9-11-16/h7-11,15,17-18,20H,6,12-14H2,1-5H3,(H,25,29)(H,26,32)(H,30,31)/t15-,17-,18-,20-/m0/s1. The molecule has 1 fully saturated rings. The quantitative estimate of drug-likeness (QED) is 0.496. The maximum Gasteiger partial charge on any atom is 0.408 e. The molecule has 188 valence electrons. The van der Waals surface area contributed by atoms with Gasteiger partial charge in [-0.15, -0.1) is 0 Å². The van der Waals surface area contributed by atoms with Gasteiger partial charge in [0.2, 0.25) is 11.8 Å². The van der Waals surface area contributed by atoms with E-state index in [4.69, 9.17) is 9.47 Å². The Bertz CT molecular complexity index is 869. The number of benzene rings is 1. The maximum atomic E-state index is 12.8. The Morgan fingerprint density at radius 3 is 2.38 bits per heavy atom. The zero-order valence-corrected chi connectivity index (χ0v) is 20.4.